The fourth-order valence-corrected chi connectivity index (χ4v) is 3.66. The van der Waals surface area contributed by atoms with E-state index in [4.69, 9.17) is 0 Å². The number of nitro benzene ring substituents is 1. The zero-order valence-electron chi connectivity index (χ0n) is 15.6. The van der Waals surface area contributed by atoms with E-state index in [1.54, 1.807) is 26.2 Å². The Morgan fingerprint density at radius 1 is 1.11 bits per heavy atom. The van der Waals surface area contributed by atoms with Gasteiger partial charge in [-0.1, -0.05) is 30.0 Å². The molecule has 144 valence electrons. The van der Waals surface area contributed by atoms with Crippen LogP contribution in [0.5, 0.6) is 0 Å². The maximum atomic E-state index is 12.3. The number of non-ortho nitro benzene ring substituents is 1. The van der Waals surface area contributed by atoms with E-state index in [1.807, 2.05) is 41.8 Å². The van der Waals surface area contributed by atoms with Gasteiger partial charge in [0.05, 0.1) is 10.2 Å². The molecular weight excluding hydrogens is 378 g/mol. The number of thioether (sulfide) groups is 1. The molecule has 0 spiro atoms. The van der Waals surface area contributed by atoms with Gasteiger partial charge in [0.1, 0.15) is 0 Å². The fraction of sp³-hybridized carbons (Fsp3) is 0.211. The van der Waals surface area contributed by atoms with Gasteiger partial charge in [-0.15, -0.1) is 10.2 Å². The SMILES string of the molecule is C[C@H](Sc1nnc(-c2ccc([N+](=O)[O-])cc2)n1-c1ccccc1)C(=O)N(C)C. The number of carbonyl (C=O) groups is 1. The van der Waals surface area contributed by atoms with E-state index in [1.165, 1.54) is 28.8 Å². The van der Waals surface area contributed by atoms with Crippen molar-refractivity contribution < 1.29 is 9.72 Å². The Bertz CT molecular complexity index is 987. The molecule has 0 unspecified atom stereocenters. The first-order chi connectivity index (χ1) is 13.4. The van der Waals surface area contributed by atoms with Gasteiger partial charge in [0.2, 0.25) is 5.91 Å². The molecule has 0 bridgehead atoms. The first-order valence-corrected chi connectivity index (χ1v) is 9.40. The second-order valence-corrected chi connectivity index (χ2v) is 7.58. The smallest absolute Gasteiger partial charge is 0.269 e. The minimum absolute atomic E-state index is 0.00864. The van der Waals surface area contributed by atoms with E-state index in [9.17, 15) is 14.9 Å². The lowest BCUT2D eigenvalue weighted by molar-refractivity contribution is -0.384. The first-order valence-electron chi connectivity index (χ1n) is 8.52. The Balaban J connectivity index is 2.05. The van der Waals surface area contributed by atoms with Crippen LogP contribution in [0.4, 0.5) is 5.69 Å². The number of carbonyl (C=O) groups excluding carboxylic acids is 1. The van der Waals surface area contributed by atoms with Gasteiger partial charge < -0.3 is 4.90 Å². The predicted molar refractivity (Wildman–Crippen MR) is 107 cm³/mol. The third kappa shape index (κ3) is 4.04. The molecule has 0 fully saturated rings. The molecule has 0 saturated heterocycles. The molecule has 2 aromatic carbocycles. The van der Waals surface area contributed by atoms with Gasteiger partial charge in [-0.2, -0.15) is 0 Å². The largest absolute Gasteiger partial charge is 0.348 e. The summed E-state index contributed by atoms with van der Waals surface area (Å²) < 4.78 is 1.85. The van der Waals surface area contributed by atoms with Crippen LogP contribution in [0.2, 0.25) is 0 Å². The van der Waals surface area contributed by atoms with Gasteiger partial charge in [-0.3, -0.25) is 19.5 Å². The normalized spacial score (nSPS) is 11.8. The minimum atomic E-state index is -0.443. The molecule has 0 N–H and O–H groups in total. The molecule has 1 amide bonds. The predicted octanol–water partition coefficient (Wildman–Crippen LogP) is 3.41. The minimum Gasteiger partial charge on any atom is -0.348 e. The summed E-state index contributed by atoms with van der Waals surface area (Å²) in [5.41, 5.74) is 1.54. The Kier molecular flexibility index (Phi) is 5.74. The number of benzene rings is 2. The molecule has 0 aliphatic rings. The van der Waals surface area contributed by atoms with Crippen LogP contribution in [0.15, 0.2) is 59.8 Å². The van der Waals surface area contributed by atoms with Crippen LogP contribution in [-0.2, 0) is 4.79 Å². The standard InChI is InChI=1S/C19H19N5O3S/c1-13(18(25)22(2)3)28-19-21-20-17(23(19)15-7-5-4-6-8-15)14-9-11-16(12-10-14)24(26)27/h4-13H,1-3H3/t13-/m0/s1. The van der Waals surface area contributed by atoms with Crippen LogP contribution in [-0.4, -0.2) is 49.8 Å². The average Bonchev–Trinajstić information content (AvgIpc) is 3.11. The molecule has 8 nitrogen and oxygen atoms in total. The molecular formula is C19H19N5O3S. The zero-order chi connectivity index (χ0) is 20.3. The van der Waals surface area contributed by atoms with Crippen molar-refractivity contribution in [3.63, 3.8) is 0 Å². The fourth-order valence-electron chi connectivity index (χ4n) is 2.65. The van der Waals surface area contributed by atoms with Crippen LogP contribution < -0.4 is 0 Å². The molecule has 1 atom stereocenters. The number of para-hydroxylation sites is 1. The van der Waals surface area contributed by atoms with Gasteiger partial charge in [-0.05, 0) is 31.2 Å². The van der Waals surface area contributed by atoms with Crippen molar-refractivity contribution in [1.29, 1.82) is 0 Å². The molecule has 1 aromatic heterocycles. The maximum Gasteiger partial charge on any atom is 0.269 e. The van der Waals surface area contributed by atoms with Crippen molar-refractivity contribution in [3.05, 3.63) is 64.7 Å². The van der Waals surface area contributed by atoms with Crippen LogP contribution >= 0.6 is 11.8 Å². The van der Waals surface area contributed by atoms with Crippen molar-refractivity contribution in [2.45, 2.75) is 17.3 Å². The lowest BCUT2D eigenvalue weighted by atomic mass is 10.2. The summed E-state index contributed by atoms with van der Waals surface area (Å²) in [5.74, 6) is 0.526. The van der Waals surface area contributed by atoms with Crippen molar-refractivity contribution in [1.82, 2.24) is 19.7 Å². The summed E-state index contributed by atoms with van der Waals surface area (Å²) >= 11 is 1.31. The van der Waals surface area contributed by atoms with Crippen molar-refractivity contribution in [2.24, 2.45) is 0 Å². The highest BCUT2D eigenvalue weighted by Gasteiger charge is 2.23. The van der Waals surface area contributed by atoms with E-state index >= 15 is 0 Å². The number of rotatable bonds is 6. The van der Waals surface area contributed by atoms with Crippen molar-refractivity contribution >= 4 is 23.4 Å². The lowest BCUT2D eigenvalue weighted by Gasteiger charge is -2.16. The van der Waals surface area contributed by atoms with Gasteiger partial charge in [-0.25, -0.2) is 0 Å². The average molecular weight is 397 g/mol. The summed E-state index contributed by atoms with van der Waals surface area (Å²) in [6, 6.07) is 15.7. The molecule has 3 aromatic rings. The molecule has 0 saturated carbocycles. The number of aromatic nitrogens is 3. The molecule has 1 heterocycles. The number of nitrogens with zero attached hydrogens (tertiary/aromatic N) is 5. The highest BCUT2D eigenvalue weighted by atomic mass is 32.2. The molecule has 0 aliphatic heterocycles. The first kappa shape index (κ1) is 19.6. The summed E-state index contributed by atoms with van der Waals surface area (Å²) in [6.45, 7) is 1.82. The lowest BCUT2D eigenvalue weighted by Crippen LogP contribution is -2.29. The monoisotopic (exact) mass is 397 g/mol. The van der Waals surface area contributed by atoms with Crippen LogP contribution in [0.3, 0.4) is 0 Å². The number of nitro groups is 1. The van der Waals surface area contributed by atoms with E-state index in [-0.39, 0.29) is 16.8 Å². The van der Waals surface area contributed by atoms with Crippen molar-refractivity contribution in [2.75, 3.05) is 14.1 Å². The summed E-state index contributed by atoms with van der Waals surface area (Å²) in [5, 5.41) is 19.7. The molecule has 3 rings (SSSR count). The Morgan fingerprint density at radius 2 is 1.75 bits per heavy atom. The summed E-state index contributed by atoms with van der Waals surface area (Å²) in [6.07, 6.45) is 0. The Hall–Kier alpha value is -3.20. The third-order valence-corrected chi connectivity index (χ3v) is 5.09. The Labute approximate surface area is 166 Å². The number of hydrogen-bond donors (Lipinski definition) is 0. The molecule has 28 heavy (non-hydrogen) atoms. The highest BCUT2D eigenvalue weighted by Crippen LogP contribution is 2.31. The molecule has 0 aliphatic carbocycles. The van der Waals surface area contributed by atoms with Crippen LogP contribution in [0.1, 0.15) is 6.92 Å². The van der Waals surface area contributed by atoms with Gasteiger partial charge in [0, 0.05) is 37.5 Å². The van der Waals surface area contributed by atoms with Gasteiger partial charge >= 0.3 is 0 Å². The third-order valence-electron chi connectivity index (χ3n) is 4.05. The number of hydrogen-bond acceptors (Lipinski definition) is 6. The maximum absolute atomic E-state index is 12.3. The van der Waals surface area contributed by atoms with E-state index < -0.39 is 4.92 Å². The second kappa shape index (κ2) is 8.22. The zero-order valence-corrected chi connectivity index (χ0v) is 16.5. The van der Waals surface area contributed by atoms with E-state index in [0.29, 0.717) is 16.5 Å². The van der Waals surface area contributed by atoms with Gasteiger partial charge in [0.15, 0.2) is 11.0 Å². The van der Waals surface area contributed by atoms with Gasteiger partial charge in [0.25, 0.3) is 5.69 Å². The van der Waals surface area contributed by atoms with Crippen LogP contribution in [0, 0.1) is 10.1 Å². The molecule has 9 heteroatoms. The van der Waals surface area contributed by atoms with E-state index in [0.717, 1.165) is 5.69 Å². The quantitative estimate of drug-likeness (QED) is 0.359. The van der Waals surface area contributed by atoms with Crippen molar-refractivity contribution in [3.8, 4) is 17.1 Å². The summed E-state index contributed by atoms with van der Waals surface area (Å²) in [7, 11) is 3.42. The topological polar surface area (TPSA) is 94.2 Å². The summed E-state index contributed by atoms with van der Waals surface area (Å²) in [4.78, 5) is 24.3. The van der Waals surface area contributed by atoms with Crippen LogP contribution in [0.25, 0.3) is 17.1 Å². The number of amides is 1. The highest BCUT2D eigenvalue weighted by molar-refractivity contribution is 8.00. The Morgan fingerprint density at radius 3 is 2.32 bits per heavy atom. The molecule has 0 radical (unpaired) electrons. The van der Waals surface area contributed by atoms with E-state index in [2.05, 4.69) is 10.2 Å². The second-order valence-electron chi connectivity index (χ2n) is 6.27.